The number of anilines is 1. The molecule has 0 saturated carbocycles. The highest BCUT2D eigenvalue weighted by Gasteiger charge is 2.21. The van der Waals surface area contributed by atoms with E-state index in [1.807, 2.05) is 63.5 Å². The predicted octanol–water partition coefficient (Wildman–Crippen LogP) is 2.63. The van der Waals surface area contributed by atoms with Crippen LogP contribution < -0.4 is 16.0 Å². The van der Waals surface area contributed by atoms with E-state index in [0.717, 1.165) is 16.8 Å². The molecule has 1 amide bonds. The fourth-order valence-corrected chi connectivity index (χ4v) is 2.59. The highest BCUT2D eigenvalue weighted by molar-refractivity contribution is 5.81. The summed E-state index contributed by atoms with van der Waals surface area (Å²) >= 11 is 0. The fraction of sp³-hybridized carbons (Fsp3) is 0.278. The van der Waals surface area contributed by atoms with Crippen LogP contribution in [0.2, 0.25) is 0 Å². The molecule has 3 N–H and O–H groups in total. The van der Waals surface area contributed by atoms with E-state index in [9.17, 15) is 4.79 Å². The molecule has 0 aliphatic carbocycles. The molecule has 2 aromatic rings. The summed E-state index contributed by atoms with van der Waals surface area (Å²) in [6.45, 7) is 2.04. The summed E-state index contributed by atoms with van der Waals surface area (Å²) in [5.74, 6) is -0.375. The van der Waals surface area contributed by atoms with Gasteiger partial charge in [-0.1, -0.05) is 48.5 Å². The van der Waals surface area contributed by atoms with Crippen LogP contribution in [-0.4, -0.2) is 20.0 Å². The number of rotatable bonds is 6. The highest BCUT2D eigenvalue weighted by atomic mass is 16.1. The number of hydrogen-bond donors (Lipinski definition) is 2. The van der Waals surface area contributed by atoms with Gasteiger partial charge in [0.15, 0.2) is 0 Å². The summed E-state index contributed by atoms with van der Waals surface area (Å²) in [5.41, 5.74) is 8.72. The van der Waals surface area contributed by atoms with Crippen LogP contribution in [0.4, 0.5) is 5.69 Å². The molecule has 0 aliphatic rings. The maximum absolute atomic E-state index is 11.8. The lowest BCUT2D eigenvalue weighted by molar-refractivity contribution is -0.120. The topological polar surface area (TPSA) is 58.4 Å². The SMILES string of the molecule is C[C@@H](N[C@H](C(N)=O)c1ccccc1)c1ccccc1N(C)C. The van der Waals surface area contributed by atoms with Gasteiger partial charge >= 0.3 is 0 Å². The Kier molecular flexibility index (Phi) is 5.17. The minimum absolute atomic E-state index is 0.00342. The minimum Gasteiger partial charge on any atom is -0.377 e. The standard InChI is InChI=1S/C18H23N3O/c1-13(15-11-7-8-12-16(15)21(2)3)20-17(18(19)22)14-9-5-4-6-10-14/h4-13,17,20H,1-3H3,(H2,19,22)/t13-,17+/m1/s1. The number of primary amides is 1. The van der Waals surface area contributed by atoms with Gasteiger partial charge in [-0.3, -0.25) is 10.1 Å². The molecule has 0 heterocycles. The molecule has 0 saturated heterocycles. The molecule has 0 spiro atoms. The van der Waals surface area contributed by atoms with Crippen molar-refractivity contribution in [1.29, 1.82) is 0 Å². The van der Waals surface area contributed by atoms with Crippen molar-refractivity contribution in [3.05, 3.63) is 65.7 Å². The molecule has 0 radical (unpaired) electrons. The molecule has 2 aromatic carbocycles. The van der Waals surface area contributed by atoms with E-state index in [-0.39, 0.29) is 11.9 Å². The van der Waals surface area contributed by atoms with Crippen molar-refractivity contribution in [1.82, 2.24) is 5.32 Å². The number of amides is 1. The van der Waals surface area contributed by atoms with Crippen LogP contribution in [-0.2, 0) is 4.79 Å². The quantitative estimate of drug-likeness (QED) is 0.861. The first kappa shape index (κ1) is 16.0. The molecule has 22 heavy (non-hydrogen) atoms. The zero-order chi connectivity index (χ0) is 16.1. The number of carbonyl (C=O) groups excluding carboxylic acids is 1. The molecule has 0 unspecified atom stereocenters. The number of nitrogens with one attached hydrogen (secondary N) is 1. The Morgan fingerprint density at radius 3 is 2.23 bits per heavy atom. The summed E-state index contributed by atoms with van der Waals surface area (Å²) < 4.78 is 0. The fourth-order valence-electron chi connectivity index (χ4n) is 2.59. The van der Waals surface area contributed by atoms with Crippen molar-refractivity contribution in [2.45, 2.75) is 19.0 Å². The second kappa shape index (κ2) is 7.09. The first-order chi connectivity index (χ1) is 10.5. The van der Waals surface area contributed by atoms with Gasteiger partial charge in [0, 0.05) is 25.8 Å². The number of nitrogens with zero attached hydrogens (tertiary/aromatic N) is 1. The molecule has 2 rings (SSSR count). The van der Waals surface area contributed by atoms with Crippen molar-refractivity contribution in [2.24, 2.45) is 5.73 Å². The average Bonchev–Trinajstić information content (AvgIpc) is 2.52. The van der Waals surface area contributed by atoms with Crippen LogP contribution in [0, 0.1) is 0 Å². The molecule has 2 atom stereocenters. The van der Waals surface area contributed by atoms with Crippen molar-refractivity contribution >= 4 is 11.6 Å². The summed E-state index contributed by atoms with van der Waals surface area (Å²) in [6.07, 6.45) is 0. The summed E-state index contributed by atoms with van der Waals surface area (Å²) in [4.78, 5) is 13.9. The van der Waals surface area contributed by atoms with Gasteiger partial charge in [-0.05, 0) is 24.1 Å². The third-order valence-electron chi connectivity index (χ3n) is 3.72. The smallest absolute Gasteiger partial charge is 0.239 e. The average molecular weight is 297 g/mol. The first-order valence-electron chi connectivity index (χ1n) is 7.37. The minimum atomic E-state index is -0.508. The Morgan fingerprint density at radius 2 is 1.64 bits per heavy atom. The maximum atomic E-state index is 11.8. The molecule has 4 nitrogen and oxygen atoms in total. The zero-order valence-corrected chi connectivity index (χ0v) is 13.3. The third-order valence-corrected chi connectivity index (χ3v) is 3.72. The second-order valence-corrected chi connectivity index (χ2v) is 5.59. The van der Waals surface area contributed by atoms with E-state index in [2.05, 4.69) is 22.3 Å². The lowest BCUT2D eigenvalue weighted by Crippen LogP contribution is -2.35. The van der Waals surface area contributed by atoms with Gasteiger partial charge in [-0.15, -0.1) is 0 Å². The van der Waals surface area contributed by atoms with E-state index >= 15 is 0 Å². The van der Waals surface area contributed by atoms with Crippen LogP contribution in [0.15, 0.2) is 54.6 Å². The van der Waals surface area contributed by atoms with Crippen LogP contribution in [0.5, 0.6) is 0 Å². The van der Waals surface area contributed by atoms with Crippen LogP contribution in [0.1, 0.15) is 30.1 Å². The Balaban J connectivity index is 2.26. The van der Waals surface area contributed by atoms with Gasteiger partial charge in [-0.25, -0.2) is 0 Å². The zero-order valence-electron chi connectivity index (χ0n) is 13.3. The van der Waals surface area contributed by atoms with E-state index < -0.39 is 6.04 Å². The number of para-hydroxylation sites is 1. The van der Waals surface area contributed by atoms with Gasteiger partial charge in [0.25, 0.3) is 0 Å². The number of carbonyl (C=O) groups is 1. The van der Waals surface area contributed by atoms with Crippen molar-refractivity contribution in [3.8, 4) is 0 Å². The second-order valence-electron chi connectivity index (χ2n) is 5.59. The van der Waals surface area contributed by atoms with Crippen molar-refractivity contribution in [3.63, 3.8) is 0 Å². The van der Waals surface area contributed by atoms with E-state index in [1.165, 1.54) is 0 Å². The van der Waals surface area contributed by atoms with Gasteiger partial charge in [0.05, 0.1) is 0 Å². The van der Waals surface area contributed by atoms with Crippen molar-refractivity contribution < 1.29 is 4.79 Å². The molecular formula is C18H23N3O. The molecular weight excluding hydrogens is 274 g/mol. The Labute approximate surface area is 131 Å². The molecule has 116 valence electrons. The van der Waals surface area contributed by atoms with Gasteiger partial charge < -0.3 is 10.6 Å². The number of nitrogens with two attached hydrogens (primary N) is 1. The Hall–Kier alpha value is -2.33. The molecule has 0 aromatic heterocycles. The maximum Gasteiger partial charge on any atom is 0.239 e. The van der Waals surface area contributed by atoms with E-state index in [1.54, 1.807) is 0 Å². The molecule has 0 aliphatic heterocycles. The predicted molar refractivity (Wildman–Crippen MR) is 90.7 cm³/mol. The monoisotopic (exact) mass is 297 g/mol. The van der Waals surface area contributed by atoms with E-state index in [4.69, 9.17) is 5.73 Å². The Morgan fingerprint density at radius 1 is 1.05 bits per heavy atom. The van der Waals surface area contributed by atoms with Crippen LogP contribution >= 0.6 is 0 Å². The van der Waals surface area contributed by atoms with Crippen molar-refractivity contribution in [2.75, 3.05) is 19.0 Å². The van der Waals surface area contributed by atoms with Crippen LogP contribution in [0.25, 0.3) is 0 Å². The molecule has 0 fully saturated rings. The third kappa shape index (κ3) is 3.65. The van der Waals surface area contributed by atoms with Crippen LogP contribution in [0.3, 0.4) is 0 Å². The first-order valence-corrected chi connectivity index (χ1v) is 7.37. The summed E-state index contributed by atoms with van der Waals surface area (Å²) in [5, 5.41) is 3.34. The number of hydrogen-bond acceptors (Lipinski definition) is 3. The highest BCUT2D eigenvalue weighted by Crippen LogP contribution is 2.27. The lowest BCUT2D eigenvalue weighted by atomic mass is 10.0. The molecule has 4 heteroatoms. The van der Waals surface area contributed by atoms with Gasteiger partial charge in [0.2, 0.25) is 5.91 Å². The Bertz CT molecular complexity index is 625. The lowest BCUT2D eigenvalue weighted by Gasteiger charge is -2.25. The van der Waals surface area contributed by atoms with E-state index in [0.29, 0.717) is 0 Å². The number of benzene rings is 2. The summed E-state index contributed by atoms with van der Waals surface area (Å²) in [7, 11) is 4.02. The van der Waals surface area contributed by atoms with Gasteiger partial charge in [-0.2, -0.15) is 0 Å². The normalized spacial score (nSPS) is 13.4. The van der Waals surface area contributed by atoms with Gasteiger partial charge in [0.1, 0.15) is 6.04 Å². The summed E-state index contributed by atoms with van der Waals surface area (Å²) in [6, 6.07) is 17.2. The largest absolute Gasteiger partial charge is 0.377 e. The molecule has 0 bridgehead atoms.